The highest BCUT2D eigenvalue weighted by atomic mass is 16.5. The molecule has 0 saturated heterocycles. The van der Waals surface area contributed by atoms with Crippen LogP contribution in [0.1, 0.15) is 32.4 Å². The van der Waals surface area contributed by atoms with Crippen LogP contribution in [0.4, 0.5) is 0 Å². The maximum absolute atomic E-state index is 5.85. The first kappa shape index (κ1) is 14.0. The van der Waals surface area contributed by atoms with Crippen molar-refractivity contribution in [3.63, 3.8) is 0 Å². The molecule has 0 heterocycles. The van der Waals surface area contributed by atoms with Crippen LogP contribution in [0, 0.1) is 0 Å². The van der Waals surface area contributed by atoms with Crippen LogP contribution in [0.15, 0.2) is 24.3 Å². The molecule has 96 valence electrons. The average molecular weight is 236 g/mol. The number of nitrogens with zero attached hydrogens (tertiary/aromatic N) is 1. The van der Waals surface area contributed by atoms with Crippen molar-refractivity contribution >= 4 is 0 Å². The van der Waals surface area contributed by atoms with Gasteiger partial charge in [-0.15, -0.1) is 0 Å². The molecule has 0 fully saturated rings. The lowest BCUT2D eigenvalue weighted by Gasteiger charge is -2.26. The molecular weight excluding hydrogens is 212 g/mol. The molecule has 1 atom stereocenters. The molecule has 0 spiro atoms. The highest BCUT2D eigenvalue weighted by Gasteiger charge is 2.14. The Kier molecular flexibility index (Phi) is 5.45. The second-order valence-electron chi connectivity index (χ2n) is 4.56. The van der Waals surface area contributed by atoms with E-state index in [1.54, 1.807) is 0 Å². The highest BCUT2D eigenvalue weighted by molar-refractivity contribution is 5.31. The van der Waals surface area contributed by atoms with Crippen LogP contribution in [0.5, 0.6) is 5.75 Å². The Morgan fingerprint density at radius 1 is 1.35 bits per heavy atom. The van der Waals surface area contributed by atoms with Gasteiger partial charge in [-0.1, -0.05) is 19.1 Å². The average Bonchev–Trinajstić information content (AvgIpc) is 2.29. The Bertz CT molecular complexity index is 339. The first-order valence-corrected chi connectivity index (χ1v) is 6.25. The fraction of sp³-hybridized carbons (Fsp3) is 0.571. The van der Waals surface area contributed by atoms with Gasteiger partial charge in [0.05, 0.1) is 6.10 Å². The Balaban J connectivity index is 2.88. The van der Waals surface area contributed by atoms with Crippen molar-refractivity contribution in [2.24, 2.45) is 5.73 Å². The summed E-state index contributed by atoms with van der Waals surface area (Å²) in [6.07, 6.45) is 0.200. The molecule has 1 rings (SSSR count). The van der Waals surface area contributed by atoms with E-state index >= 15 is 0 Å². The highest BCUT2D eigenvalue weighted by Crippen LogP contribution is 2.23. The lowest BCUT2D eigenvalue weighted by molar-refractivity contribution is 0.239. The molecule has 3 nitrogen and oxygen atoms in total. The van der Waals surface area contributed by atoms with Crippen molar-refractivity contribution in [1.82, 2.24) is 4.90 Å². The number of likely N-dealkylation sites (N-methyl/N-ethyl adjacent to an activating group) is 1. The molecule has 0 aliphatic carbocycles. The van der Waals surface area contributed by atoms with E-state index in [9.17, 15) is 0 Å². The largest absolute Gasteiger partial charge is 0.491 e. The number of ether oxygens (including phenoxy) is 1. The predicted molar refractivity (Wildman–Crippen MR) is 72.3 cm³/mol. The van der Waals surface area contributed by atoms with Crippen LogP contribution in [-0.4, -0.2) is 31.1 Å². The second kappa shape index (κ2) is 6.62. The van der Waals surface area contributed by atoms with Crippen molar-refractivity contribution in [1.29, 1.82) is 0 Å². The van der Waals surface area contributed by atoms with E-state index < -0.39 is 0 Å². The van der Waals surface area contributed by atoms with Gasteiger partial charge in [0.15, 0.2) is 0 Å². The molecule has 0 saturated carbocycles. The molecule has 1 aromatic carbocycles. The smallest absolute Gasteiger partial charge is 0.120 e. The monoisotopic (exact) mass is 236 g/mol. The fourth-order valence-electron chi connectivity index (χ4n) is 1.86. The van der Waals surface area contributed by atoms with Crippen LogP contribution >= 0.6 is 0 Å². The third-order valence-electron chi connectivity index (χ3n) is 2.87. The van der Waals surface area contributed by atoms with E-state index in [4.69, 9.17) is 10.5 Å². The normalized spacial score (nSPS) is 13.1. The zero-order valence-electron chi connectivity index (χ0n) is 11.3. The van der Waals surface area contributed by atoms with E-state index in [0.717, 1.165) is 12.3 Å². The van der Waals surface area contributed by atoms with Gasteiger partial charge in [-0.3, -0.25) is 4.90 Å². The van der Waals surface area contributed by atoms with E-state index in [2.05, 4.69) is 31.0 Å². The first-order valence-electron chi connectivity index (χ1n) is 6.25. The molecule has 1 aromatic rings. The van der Waals surface area contributed by atoms with Crippen molar-refractivity contribution < 1.29 is 4.74 Å². The zero-order chi connectivity index (χ0) is 12.8. The molecule has 0 amide bonds. The Morgan fingerprint density at radius 2 is 2.06 bits per heavy atom. The SMILES string of the molecule is CCN(C)C(CN)c1cccc(OC(C)C)c1. The molecule has 1 unspecified atom stereocenters. The quantitative estimate of drug-likeness (QED) is 0.824. The van der Waals surface area contributed by atoms with Gasteiger partial charge in [-0.25, -0.2) is 0 Å². The van der Waals surface area contributed by atoms with E-state index in [1.807, 2.05) is 26.0 Å². The summed E-state index contributed by atoms with van der Waals surface area (Å²) in [5, 5.41) is 0. The lowest BCUT2D eigenvalue weighted by Crippen LogP contribution is -2.30. The number of hydrogen-bond donors (Lipinski definition) is 1. The molecule has 17 heavy (non-hydrogen) atoms. The van der Waals surface area contributed by atoms with Gasteiger partial charge in [0, 0.05) is 12.6 Å². The number of nitrogens with two attached hydrogens (primary N) is 1. The summed E-state index contributed by atoms with van der Waals surface area (Å²) < 4.78 is 5.70. The van der Waals surface area contributed by atoms with Crippen molar-refractivity contribution in [3.8, 4) is 5.75 Å². The van der Waals surface area contributed by atoms with Gasteiger partial charge in [-0.2, -0.15) is 0 Å². The molecule has 2 N–H and O–H groups in total. The van der Waals surface area contributed by atoms with Crippen molar-refractivity contribution in [2.75, 3.05) is 20.1 Å². The van der Waals surface area contributed by atoms with Gasteiger partial charge in [0.25, 0.3) is 0 Å². The molecule has 0 aliphatic rings. The van der Waals surface area contributed by atoms with Gasteiger partial charge in [0.2, 0.25) is 0 Å². The van der Waals surface area contributed by atoms with Crippen LogP contribution in [0.3, 0.4) is 0 Å². The second-order valence-corrected chi connectivity index (χ2v) is 4.56. The zero-order valence-corrected chi connectivity index (χ0v) is 11.3. The van der Waals surface area contributed by atoms with Crippen LogP contribution in [-0.2, 0) is 0 Å². The Hall–Kier alpha value is -1.06. The van der Waals surface area contributed by atoms with Gasteiger partial charge in [-0.05, 0) is 45.1 Å². The molecule has 0 radical (unpaired) electrons. The maximum atomic E-state index is 5.85. The number of benzene rings is 1. The molecule has 0 aliphatic heterocycles. The summed E-state index contributed by atoms with van der Waals surface area (Å²) in [5.74, 6) is 0.917. The molecular formula is C14H24N2O. The minimum Gasteiger partial charge on any atom is -0.491 e. The summed E-state index contributed by atoms with van der Waals surface area (Å²) in [4.78, 5) is 2.24. The number of hydrogen-bond acceptors (Lipinski definition) is 3. The molecule has 3 heteroatoms. The lowest BCUT2D eigenvalue weighted by atomic mass is 10.1. The topological polar surface area (TPSA) is 38.5 Å². The molecule has 0 bridgehead atoms. The van der Waals surface area contributed by atoms with Gasteiger partial charge < -0.3 is 10.5 Å². The van der Waals surface area contributed by atoms with Crippen LogP contribution < -0.4 is 10.5 Å². The van der Waals surface area contributed by atoms with E-state index in [0.29, 0.717) is 6.54 Å². The fourth-order valence-corrected chi connectivity index (χ4v) is 1.86. The van der Waals surface area contributed by atoms with Gasteiger partial charge in [0.1, 0.15) is 5.75 Å². The van der Waals surface area contributed by atoms with E-state index in [1.165, 1.54) is 5.56 Å². The Labute approximate surface area is 105 Å². The van der Waals surface area contributed by atoms with Crippen molar-refractivity contribution in [2.45, 2.75) is 32.9 Å². The minimum atomic E-state index is 0.200. The van der Waals surface area contributed by atoms with E-state index in [-0.39, 0.29) is 12.1 Å². The third-order valence-corrected chi connectivity index (χ3v) is 2.87. The Morgan fingerprint density at radius 3 is 2.59 bits per heavy atom. The number of rotatable bonds is 6. The third kappa shape index (κ3) is 4.02. The van der Waals surface area contributed by atoms with Gasteiger partial charge >= 0.3 is 0 Å². The van der Waals surface area contributed by atoms with Crippen LogP contribution in [0.2, 0.25) is 0 Å². The summed E-state index contributed by atoms with van der Waals surface area (Å²) in [5.41, 5.74) is 7.07. The summed E-state index contributed by atoms with van der Waals surface area (Å²) in [7, 11) is 2.09. The summed E-state index contributed by atoms with van der Waals surface area (Å²) >= 11 is 0. The van der Waals surface area contributed by atoms with Crippen LogP contribution in [0.25, 0.3) is 0 Å². The molecule has 0 aromatic heterocycles. The standard InChI is InChI=1S/C14H24N2O/c1-5-16(4)14(10-15)12-7-6-8-13(9-12)17-11(2)3/h6-9,11,14H,5,10,15H2,1-4H3. The predicted octanol–water partition coefficient (Wildman–Crippen LogP) is 2.43. The summed E-state index contributed by atoms with van der Waals surface area (Å²) in [6, 6.07) is 8.47. The van der Waals surface area contributed by atoms with Crippen molar-refractivity contribution in [3.05, 3.63) is 29.8 Å². The minimum absolute atomic E-state index is 0.200. The maximum Gasteiger partial charge on any atom is 0.120 e. The summed E-state index contributed by atoms with van der Waals surface area (Å²) in [6.45, 7) is 7.81. The first-order chi connectivity index (χ1) is 8.08.